The van der Waals surface area contributed by atoms with Gasteiger partial charge < -0.3 is 15.8 Å². The van der Waals surface area contributed by atoms with Gasteiger partial charge in [-0.1, -0.05) is 30.7 Å². The molecule has 0 spiro atoms. The minimum atomic E-state index is 0.146. The first-order chi connectivity index (χ1) is 13.6. The van der Waals surface area contributed by atoms with Gasteiger partial charge in [0.2, 0.25) is 5.91 Å². The topological polar surface area (TPSA) is 67.6 Å². The predicted molar refractivity (Wildman–Crippen MR) is 111 cm³/mol. The highest BCUT2D eigenvalue weighted by Crippen LogP contribution is 2.41. The van der Waals surface area contributed by atoms with E-state index in [1.807, 2.05) is 0 Å². The van der Waals surface area contributed by atoms with Gasteiger partial charge in [-0.25, -0.2) is 0 Å². The summed E-state index contributed by atoms with van der Waals surface area (Å²) >= 11 is 0. The molecule has 4 rings (SSSR count). The monoisotopic (exact) mass is 385 g/mol. The quantitative estimate of drug-likeness (QED) is 0.818. The maximum atomic E-state index is 12.8. The van der Waals surface area contributed by atoms with E-state index in [9.17, 15) is 4.79 Å². The number of fused-ring (bicyclic) bond motifs is 2. The molecule has 2 bridgehead atoms. The molecule has 1 aliphatic heterocycles. The van der Waals surface area contributed by atoms with Crippen molar-refractivity contribution >= 4 is 5.91 Å². The first kappa shape index (κ1) is 19.9. The third-order valence-electron chi connectivity index (χ3n) is 6.97. The van der Waals surface area contributed by atoms with Crippen LogP contribution in [0.2, 0.25) is 0 Å². The summed E-state index contributed by atoms with van der Waals surface area (Å²) in [7, 11) is 0. The van der Waals surface area contributed by atoms with Gasteiger partial charge in [0.15, 0.2) is 0 Å². The Morgan fingerprint density at radius 2 is 2.00 bits per heavy atom. The summed E-state index contributed by atoms with van der Waals surface area (Å²) in [4.78, 5) is 15.2. The van der Waals surface area contributed by atoms with E-state index in [1.165, 1.54) is 30.4 Å². The Balaban J connectivity index is 1.29. The lowest BCUT2D eigenvalue weighted by Gasteiger charge is -2.43. The number of morpholine rings is 1. The van der Waals surface area contributed by atoms with E-state index in [2.05, 4.69) is 41.4 Å². The van der Waals surface area contributed by atoms with Crippen molar-refractivity contribution < 1.29 is 9.53 Å². The van der Waals surface area contributed by atoms with Crippen molar-refractivity contribution in [1.82, 2.24) is 10.2 Å². The van der Waals surface area contributed by atoms with Crippen LogP contribution in [0.25, 0.3) is 0 Å². The van der Waals surface area contributed by atoms with E-state index >= 15 is 0 Å². The number of carbonyl (C=O) groups excluding carboxylic acids is 1. The van der Waals surface area contributed by atoms with Crippen LogP contribution < -0.4 is 11.1 Å². The van der Waals surface area contributed by atoms with Gasteiger partial charge in [-0.3, -0.25) is 9.69 Å². The van der Waals surface area contributed by atoms with Gasteiger partial charge in [0.25, 0.3) is 0 Å². The largest absolute Gasteiger partial charge is 0.376 e. The molecular formula is C23H35N3O2. The van der Waals surface area contributed by atoms with Gasteiger partial charge in [0.05, 0.1) is 12.7 Å². The molecule has 3 N–H and O–H groups in total. The third kappa shape index (κ3) is 4.76. The van der Waals surface area contributed by atoms with Crippen molar-refractivity contribution in [2.45, 2.75) is 64.3 Å². The zero-order chi connectivity index (χ0) is 19.5. The highest BCUT2D eigenvalue weighted by molar-refractivity contribution is 5.78. The van der Waals surface area contributed by atoms with Crippen LogP contribution in [0, 0.1) is 17.8 Å². The first-order valence-electron chi connectivity index (χ1n) is 11.0. The van der Waals surface area contributed by atoms with Crippen molar-refractivity contribution in [2.75, 3.05) is 19.7 Å². The van der Waals surface area contributed by atoms with E-state index in [4.69, 9.17) is 10.5 Å². The zero-order valence-electron chi connectivity index (χ0n) is 17.1. The molecule has 5 nitrogen and oxygen atoms in total. The number of benzene rings is 1. The number of nitrogens with zero attached hydrogens (tertiary/aromatic N) is 1. The van der Waals surface area contributed by atoms with Gasteiger partial charge in [-0.15, -0.1) is 0 Å². The van der Waals surface area contributed by atoms with Crippen molar-refractivity contribution in [3.8, 4) is 0 Å². The molecule has 2 aliphatic carbocycles. The summed E-state index contributed by atoms with van der Waals surface area (Å²) in [6, 6.07) is 8.93. The minimum Gasteiger partial charge on any atom is -0.376 e. The van der Waals surface area contributed by atoms with Crippen LogP contribution in [-0.2, 0) is 22.6 Å². The fourth-order valence-corrected chi connectivity index (χ4v) is 5.47. The highest BCUT2D eigenvalue weighted by atomic mass is 16.5. The average molecular weight is 386 g/mol. The van der Waals surface area contributed by atoms with Gasteiger partial charge in [0, 0.05) is 38.1 Å². The maximum Gasteiger partial charge on any atom is 0.223 e. The molecule has 0 aromatic heterocycles. The van der Waals surface area contributed by atoms with Crippen LogP contribution in [0.1, 0.15) is 50.2 Å². The Bertz CT molecular complexity index is 666. The Kier molecular flexibility index (Phi) is 6.34. The summed E-state index contributed by atoms with van der Waals surface area (Å²) < 4.78 is 5.63. The van der Waals surface area contributed by atoms with Gasteiger partial charge in [-0.2, -0.15) is 0 Å². The maximum absolute atomic E-state index is 12.8. The van der Waals surface area contributed by atoms with Crippen molar-refractivity contribution in [3.63, 3.8) is 0 Å². The molecule has 1 saturated heterocycles. The van der Waals surface area contributed by atoms with Crippen LogP contribution in [0.5, 0.6) is 0 Å². The van der Waals surface area contributed by atoms with Crippen LogP contribution in [0.4, 0.5) is 0 Å². The van der Waals surface area contributed by atoms with E-state index in [0.29, 0.717) is 30.5 Å². The summed E-state index contributed by atoms with van der Waals surface area (Å²) in [6.07, 6.45) is 5.93. The number of hydrogen-bond acceptors (Lipinski definition) is 4. The Hall–Kier alpha value is -1.43. The highest BCUT2D eigenvalue weighted by Gasteiger charge is 2.40. The molecule has 1 heterocycles. The van der Waals surface area contributed by atoms with Crippen molar-refractivity contribution in [2.24, 2.45) is 23.5 Å². The number of rotatable bonds is 5. The van der Waals surface area contributed by atoms with E-state index < -0.39 is 0 Å². The fourth-order valence-electron chi connectivity index (χ4n) is 5.47. The molecule has 2 saturated carbocycles. The standard InChI is InChI=1S/C23H35N3O2/c1-16-14-26(8-9-28-16)15-18-5-2-4-17(10-18)13-25-23(27)21-11-19-6-3-7-20(12-21)22(19)24/h2,4-5,10,16,19-22H,3,6-9,11-15,24H2,1H3,(H,25,27). The summed E-state index contributed by atoms with van der Waals surface area (Å²) in [5.41, 5.74) is 8.86. The minimum absolute atomic E-state index is 0.146. The molecule has 28 heavy (non-hydrogen) atoms. The van der Waals surface area contributed by atoms with Crippen LogP contribution in [0.3, 0.4) is 0 Å². The first-order valence-corrected chi connectivity index (χ1v) is 11.0. The van der Waals surface area contributed by atoms with E-state index in [0.717, 1.165) is 39.1 Å². The zero-order valence-corrected chi connectivity index (χ0v) is 17.1. The normalized spacial score (nSPS) is 33.4. The molecule has 154 valence electrons. The van der Waals surface area contributed by atoms with Crippen LogP contribution >= 0.6 is 0 Å². The number of ether oxygens (including phenoxy) is 1. The molecule has 1 aromatic rings. The number of hydrogen-bond donors (Lipinski definition) is 2. The number of carbonyl (C=O) groups is 1. The number of nitrogens with one attached hydrogen (secondary N) is 1. The molecule has 1 amide bonds. The molecule has 0 radical (unpaired) electrons. The lowest BCUT2D eigenvalue weighted by Crippen LogP contribution is -2.49. The second-order valence-electron chi connectivity index (χ2n) is 9.15. The van der Waals surface area contributed by atoms with Gasteiger partial charge in [0.1, 0.15) is 0 Å². The van der Waals surface area contributed by atoms with E-state index in [1.54, 1.807) is 0 Å². The van der Waals surface area contributed by atoms with E-state index in [-0.39, 0.29) is 11.8 Å². The third-order valence-corrected chi connectivity index (χ3v) is 6.97. The molecule has 3 atom stereocenters. The van der Waals surface area contributed by atoms with Crippen LogP contribution in [0.15, 0.2) is 24.3 Å². The summed E-state index contributed by atoms with van der Waals surface area (Å²) in [6.45, 7) is 6.46. The fraction of sp³-hybridized carbons (Fsp3) is 0.696. The average Bonchev–Trinajstić information content (AvgIpc) is 2.66. The Morgan fingerprint density at radius 3 is 2.75 bits per heavy atom. The molecular weight excluding hydrogens is 350 g/mol. The Labute approximate surface area is 169 Å². The number of amides is 1. The molecule has 5 heteroatoms. The smallest absolute Gasteiger partial charge is 0.223 e. The molecule has 3 fully saturated rings. The second-order valence-corrected chi connectivity index (χ2v) is 9.15. The van der Waals surface area contributed by atoms with Crippen LogP contribution in [-0.4, -0.2) is 42.6 Å². The lowest BCUT2D eigenvalue weighted by molar-refractivity contribution is -0.128. The van der Waals surface area contributed by atoms with Gasteiger partial charge in [-0.05, 0) is 55.6 Å². The Morgan fingerprint density at radius 1 is 1.25 bits per heavy atom. The van der Waals surface area contributed by atoms with Crippen molar-refractivity contribution in [1.29, 1.82) is 0 Å². The van der Waals surface area contributed by atoms with Gasteiger partial charge >= 0.3 is 0 Å². The second kappa shape index (κ2) is 8.93. The predicted octanol–water partition coefficient (Wildman–Crippen LogP) is 2.68. The van der Waals surface area contributed by atoms with Crippen molar-refractivity contribution in [3.05, 3.63) is 35.4 Å². The SMILES string of the molecule is CC1CN(Cc2cccc(CNC(=O)C3CC4CCCC(C3)C4N)c2)CCO1. The molecule has 1 aromatic carbocycles. The lowest BCUT2D eigenvalue weighted by atomic mass is 9.65. The summed E-state index contributed by atoms with van der Waals surface area (Å²) in [5.74, 6) is 1.45. The summed E-state index contributed by atoms with van der Waals surface area (Å²) in [5, 5.41) is 3.20. The molecule has 3 aliphatic rings. The number of nitrogens with two attached hydrogens (primary N) is 1. The molecule has 3 unspecified atom stereocenters.